The highest BCUT2D eigenvalue weighted by Crippen LogP contribution is 2.24. The van der Waals surface area contributed by atoms with Crippen LogP contribution < -0.4 is 10.2 Å². The Morgan fingerprint density at radius 2 is 1.91 bits per heavy atom. The van der Waals surface area contributed by atoms with Crippen LogP contribution in [0.25, 0.3) is 5.57 Å². The Hall–Kier alpha value is -3.00. The second-order valence-corrected chi connectivity index (χ2v) is 8.88. The summed E-state index contributed by atoms with van der Waals surface area (Å²) in [5.74, 6) is 0.519. The topological polar surface area (TPSA) is 60.4 Å². The van der Waals surface area contributed by atoms with Gasteiger partial charge in [-0.25, -0.2) is 19.3 Å². The summed E-state index contributed by atoms with van der Waals surface area (Å²) in [7, 11) is 0. The molecule has 0 unspecified atom stereocenters. The number of halogens is 1. The van der Waals surface area contributed by atoms with Crippen LogP contribution in [0.1, 0.15) is 39.3 Å². The van der Waals surface area contributed by atoms with Gasteiger partial charge in [0.25, 0.3) is 0 Å². The van der Waals surface area contributed by atoms with Crippen molar-refractivity contribution in [1.29, 1.82) is 0 Å². The van der Waals surface area contributed by atoms with E-state index in [0.29, 0.717) is 17.8 Å². The van der Waals surface area contributed by atoms with Crippen molar-refractivity contribution in [3.63, 3.8) is 0 Å². The van der Waals surface area contributed by atoms with Gasteiger partial charge in [0, 0.05) is 50.5 Å². The van der Waals surface area contributed by atoms with Crippen LogP contribution in [0.3, 0.4) is 0 Å². The molecular formula is C25H34FN7. The van der Waals surface area contributed by atoms with Gasteiger partial charge in [0.1, 0.15) is 11.5 Å². The summed E-state index contributed by atoms with van der Waals surface area (Å²) in [4.78, 5) is 20.1. The monoisotopic (exact) mass is 451 g/mol. The first-order chi connectivity index (χ1) is 16.0. The summed E-state index contributed by atoms with van der Waals surface area (Å²) in [6.45, 7) is 12.7. The van der Waals surface area contributed by atoms with Gasteiger partial charge in [-0.15, -0.1) is 0 Å². The van der Waals surface area contributed by atoms with E-state index in [1.807, 2.05) is 30.6 Å². The number of rotatable bonds is 8. The van der Waals surface area contributed by atoms with Crippen LogP contribution in [-0.2, 0) is 0 Å². The van der Waals surface area contributed by atoms with Crippen LogP contribution >= 0.6 is 0 Å². The van der Waals surface area contributed by atoms with Crippen LogP contribution in [0.4, 0.5) is 21.8 Å². The van der Waals surface area contributed by atoms with E-state index >= 15 is 0 Å². The van der Waals surface area contributed by atoms with E-state index in [4.69, 9.17) is 0 Å². The lowest BCUT2D eigenvalue weighted by Gasteiger charge is -2.35. The molecule has 2 aromatic heterocycles. The molecule has 7 nitrogen and oxygen atoms in total. The maximum absolute atomic E-state index is 14.5. The number of aromatic nitrogens is 3. The van der Waals surface area contributed by atoms with Gasteiger partial charge < -0.3 is 15.1 Å². The number of hydrogen-bond donors (Lipinski definition) is 1. The highest BCUT2D eigenvalue weighted by Gasteiger charge is 2.18. The van der Waals surface area contributed by atoms with E-state index in [-0.39, 0.29) is 5.69 Å². The number of piperazine rings is 1. The van der Waals surface area contributed by atoms with E-state index < -0.39 is 5.82 Å². The zero-order valence-electron chi connectivity index (χ0n) is 19.8. The molecule has 8 heteroatoms. The minimum absolute atomic E-state index is 0.284. The smallest absolute Gasteiger partial charge is 0.229 e. The largest absolute Gasteiger partial charge is 0.371 e. The maximum atomic E-state index is 14.5. The average molecular weight is 452 g/mol. The molecule has 2 aromatic rings. The zero-order valence-corrected chi connectivity index (χ0v) is 19.8. The number of anilines is 3. The van der Waals surface area contributed by atoms with E-state index in [1.54, 1.807) is 0 Å². The van der Waals surface area contributed by atoms with Crippen LogP contribution in [0, 0.1) is 5.82 Å². The van der Waals surface area contributed by atoms with E-state index in [0.717, 1.165) is 44.0 Å². The molecule has 0 saturated carbocycles. The number of pyridine rings is 1. The summed E-state index contributed by atoms with van der Waals surface area (Å²) in [6.07, 6.45) is 11.5. The molecule has 4 rings (SSSR count). The van der Waals surface area contributed by atoms with Crippen LogP contribution in [0.5, 0.6) is 0 Å². The number of nitrogens with one attached hydrogen (secondary N) is 1. The molecule has 4 heterocycles. The van der Waals surface area contributed by atoms with Crippen LogP contribution in [0.2, 0.25) is 0 Å². The molecule has 0 spiro atoms. The summed E-state index contributed by atoms with van der Waals surface area (Å²) in [6, 6.07) is 4.31. The van der Waals surface area contributed by atoms with Gasteiger partial charge >= 0.3 is 0 Å². The van der Waals surface area contributed by atoms with Crippen molar-refractivity contribution in [1.82, 2.24) is 24.8 Å². The summed E-state index contributed by atoms with van der Waals surface area (Å²) < 4.78 is 14.5. The van der Waals surface area contributed by atoms with Crippen molar-refractivity contribution < 1.29 is 4.39 Å². The van der Waals surface area contributed by atoms with Gasteiger partial charge in [0.15, 0.2) is 5.82 Å². The molecule has 2 aliphatic rings. The quantitative estimate of drug-likeness (QED) is 0.642. The molecule has 0 bridgehead atoms. The van der Waals surface area contributed by atoms with Crippen molar-refractivity contribution in [3.8, 4) is 0 Å². The number of hydrogen-bond acceptors (Lipinski definition) is 7. The molecule has 1 saturated heterocycles. The molecule has 0 aromatic carbocycles. The second-order valence-electron chi connectivity index (χ2n) is 8.88. The molecule has 0 atom stereocenters. The molecule has 1 N–H and O–H groups in total. The Morgan fingerprint density at radius 1 is 1.09 bits per heavy atom. The summed E-state index contributed by atoms with van der Waals surface area (Å²) in [5.41, 5.74) is 2.13. The fourth-order valence-electron chi connectivity index (χ4n) is 4.08. The van der Waals surface area contributed by atoms with Crippen molar-refractivity contribution in [3.05, 3.63) is 54.4 Å². The molecule has 0 amide bonds. The standard InChI is InChI=1S/C25H34FN7/c1-4-5-10-31-12-14-32(15-13-31)21-8-9-23(27-16-21)29-25-28-17-22(26)24(30-25)20-7-6-11-33(18-20)19(2)3/h6-9,16-19H,4-5,10-15H2,1-3H3,(H,27,28,29,30). The highest BCUT2D eigenvalue weighted by molar-refractivity contribution is 5.73. The lowest BCUT2D eigenvalue weighted by Crippen LogP contribution is -2.46. The van der Waals surface area contributed by atoms with Crippen molar-refractivity contribution in [2.24, 2.45) is 0 Å². The zero-order chi connectivity index (χ0) is 23.2. The molecule has 0 radical (unpaired) electrons. The van der Waals surface area contributed by atoms with Gasteiger partial charge in [-0.3, -0.25) is 4.90 Å². The number of unbranched alkanes of at least 4 members (excludes halogenated alkanes) is 1. The first-order valence-electron chi connectivity index (χ1n) is 11.9. The molecule has 0 aliphatic carbocycles. The Labute approximate surface area is 196 Å². The minimum atomic E-state index is -0.441. The molecule has 1 fully saturated rings. The fraction of sp³-hybridized carbons (Fsp3) is 0.480. The molecule has 33 heavy (non-hydrogen) atoms. The summed E-state index contributed by atoms with van der Waals surface area (Å²) >= 11 is 0. The van der Waals surface area contributed by atoms with Gasteiger partial charge in [-0.1, -0.05) is 25.5 Å². The van der Waals surface area contributed by atoms with Crippen LogP contribution in [-0.4, -0.2) is 70.1 Å². The predicted octanol–water partition coefficient (Wildman–Crippen LogP) is 4.30. The van der Waals surface area contributed by atoms with E-state index in [2.05, 4.69) is 61.8 Å². The van der Waals surface area contributed by atoms with Gasteiger partial charge in [-0.2, -0.15) is 0 Å². The molecule has 2 aliphatic heterocycles. The third kappa shape index (κ3) is 5.87. The van der Waals surface area contributed by atoms with Crippen molar-refractivity contribution in [2.45, 2.75) is 39.7 Å². The fourth-order valence-corrected chi connectivity index (χ4v) is 4.08. The van der Waals surface area contributed by atoms with Crippen molar-refractivity contribution in [2.75, 3.05) is 49.5 Å². The lowest BCUT2D eigenvalue weighted by atomic mass is 10.1. The predicted molar refractivity (Wildman–Crippen MR) is 132 cm³/mol. The van der Waals surface area contributed by atoms with Crippen LogP contribution in [0.15, 0.2) is 42.9 Å². The molecule has 176 valence electrons. The minimum Gasteiger partial charge on any atom is -0.371 e. The second kappa shape index (κ2) is 10.7. The van der Waals surface area contributed by atoms with Gasteiger partial charge in [0.05, 0.1) is 18.1 Å². The highest BCUT2D eigenvalue weighted by atomic mass is 19.1. The molecular weight excluding hydrogens is 417 g/mol. The van der Waals surface area contributed by atoms with Crippen molar-refractivity contribution >= 4 is 23.0 Å². The lowest BCUT2D eigenvalue weighted by molar-refractivity contribution is 0.254. The first-order valence-corrected chi connectivity index (χ1v) is 11.9. The third-order valence-corrected chi connectivity index (χ3v) is 6.15. The first kappa shape index (κ1) is 23.2. The average Bonchev–Trinajstić information content (AvgIpc) is 2.85. The normalized spacial score (nSPS) is 16.9. The third-order valence-electron chi connectivity index (χ3n) is 6.15. The Bertz CT molecular complexity index is 979. The van der Waals surface area contributed by atoms with E-state index in [1.165, 1.54) is 25.6 Å². The van der Waals surface area contributed by atoms with Gasteiger partial charge in [-0.05, 0) is 38.9 Å². The number of allylic oxidation sites excluding steroid dienone is 2. The summed E-state index contributed by atoms with van der Waals surface area (Å²) in [5, 5.41) is 3.11. The Kier molecular flexibility index (Phi) is 7.54. The SMILES string of the molecule is CCCCN1CCN(c2ccc(Nc3ncc(F)c(C4=CN(C(C)C)CC=C4)n3)nc2)CC1. The van der Waals surface area contributed by atoms with E-state index in [9.17, 15) is 4.39 Å². The Morgan fingerprint density at radius 3 is 2.61 bits per heavy atom. The van der Waals surface area contributed by atoms with Gasteiger partial charge in [0.2, 0.25) is 5.95 Å². The maximum Gasteiger partial charge on any atom is 0.229 e. The number of nitrogens with zero attached hydrogens (tertiary/aromatic N) is 6. The Balaban J connectivity index is 1.41.